The lowest BCUT2D eigenvalue weighted by Crippen LogP contribution is -2.39. The van der Waals surface area contributed by atoms with Crippen molar-refractivity contribution in [2.75, 3.05) is 18.0 Å². The third kappa shape index (κ3) is 2.66. The molecule has 0 radical (unpaired) electrons. The van der Waals surface area contributed by atoms with Crippen molar-refractivity contribution in [3.63, 3.8) is 0 Å². The molecule has 16 heavy (non-hydrogen) atoms. The van der Waals surface area contributed by atoms with Crippen molar-refractivity contribution in [1.82, 2.24) is 9.36 Å². The molecular formula is C11H18ClN3S. The van der Waals surface area contributed by atoms with Crippen molar-refractivity contribution in [3.05, 3.63) is 5.82 Å². The molecule has 5 heteroatoms. The molecule has 90 valence electrons. The van der Waals surface area contributed by atoms with E-state index in [4.69, 9.17) is 11.6 Å². The van der Waals surface area contributed by atoms with Gasteiger partial charge in [0.2, 0.25) is 5.13 Å². The van der Waals surface area contributed by atoms with Gasteiger partial charge in [-0.2, -0.15) is 4.37 Å². The number of aromatic nitrogens is 2. The van der Waals surface area contributed by atoms with Gasteiger partial charge in [0.05, 0.1) is 0 Å². The highest BCUT2D eigenvalue weighted by atomic mass is 35.5. The molecule has 2 rings (SSSR count). The minimum atomic E-state index is 0.319. The van der Waals surface area contributed by atoms with Crippen LogP contribution < -0.4 is 4.90 Å². The molecule has 2 unspecified atom stereocenters. The summed E-state index contributed by atoms with van der Waals surface area (Å²) in [6.45, 7) is 6.38. The van der Waals surface area contributed by atoms with Crippen LogP contribution in [0.2, 0.25) is 0 Å². The molecule has 0 aliphatic carbocycles. The van der Waals surface area contributed by atoms with E-state index in [1.54, 1.807) is 0 Å². The van der Waals surface area contributed by atoms with Gasteiger partial charge in [0.15, 0.2) is 0 Å². The normalized spacial score (nSPS) is 26.1. The summed E-state index contributed by atoms with van der Waals surface area (Å²) < 4.78 is 4.38. The van der Waals surface area contributed by atoms with E-state index in [-0.39, 0.29) is 0 Å². The molecule has 0 amide bonds. The number of hydrogen-bond acceptors (Lipinski definition) is 4. The summed E-state index contributed by atoms with van der Waals surface area (Å²) >= 11 is 7.74. The number of piperidine rings is 1. The second-order valence-electron chi connectivity index (χ2n) is 4.47. The Hall–Kier alpha value is -0.350. The quantitative estimate of drug-likeness (QED) is 0.782. The van der Waals surface area contributed by atoms with Crippen molar-refractivity contribution in [2.45, 2.75) is 38.5 Å². The molecule has 1 saturated heterocycles. The lowest BCUT2D eigenvalue weighted by molar-refractivity contribution is 0.454. The maximum Gasteiger partial charge on any atom is 0.205 e. The molecule has 0 N–H and O–H groups in total. The number of hydrogen-bond donors (Lipinski definition) is 0. The van der Waals surface area contributed by atoms with Gasteiger partial charge in [0, 0.05) is 36.4 Å². The van der Waals surface area contributed by atoms with E-state index in [1.807, 2.05) is 0 Å². The predicted octanol–water partition coefficient (Wildman–Crippen LogP) is 2.94. The summed E-state index contributed by atoms with van der Waals surface area (Å²) in [5.41, 5.74) is 0. The second-order valence-corrected chi connectivity index (χ2v) is 5.76. The summed E-state index contributed by atoms with van der Waals surface area (Å²) in [5, 5.41) is 1.39. The van der Waals surface area contributed by atoms with E-state index in [1.165, 1.54) is 11.5 Å². The third-order valence-corrected chi connectivity index (χ3v) is 4.47. The molecule has 1 aromatic heterocycles. The Bertz CT molecular complexity index is 342. The molecule has 3 nitrogen and oxygen atoms in total. The first-order valence-electron chi connectivity index (χ1n) is 5.92. The Balaban J connectivity index is 2.01. The van der Waals surface area contributed by atoms with Crippen LogP contribution in [0.5, 0.6) is 0 Å². The monoisotopic (exact) mass is 259 g/mol. The Kier molecular flexibility index (Phi) is 4.03. The van der Waals surface area contributed by atoms with E-state index in [0.717, 1.165) is 43.3 Å². The topological polar surface area (TPSA) is 29.0 Å². The molecule has 0 spiro atoms. The maximum atomic E-state index is 6.22. The number of aryl methyl sites for hydroxylation is 1. The fraction of sp³-hybridized carbons (Fsp3) is 0.818. The molecule has 1 fully saturated rings. The standard InChI is InChI=1S/C11H18ClN3S/c1-3-4-10-13-11(16-14-10)15-6-5-9(12)8(2)7-15/h8-9H,3-7H2,1-2H3. The van der Waals surface area contributed by atoms with Crippen LogP contribution in [-0.2, 0) is 6.42 Å². The maximum absolute atomic E-state index is 6.22. The van der Waals surface area contributed by atoms with Gasteiger partial charge in [-0.25, -0.2) is 4.98 Å². The molecule has 1 aromatic rings. The van der Waals surface area contributed by atoms with Gasteiger partial charge in [-0.3, -0.25) is 0 Å². The van der Waals surface area contributed by atoms with Crippen LogP contribution in [0.1, 0.15) is 32.5 Å². The van der Waals surface area contributed by atoms with Gasteiger partial charge in [0.1, 0.15) is 5.82 Å². The average molecular weight is 260 g/mol. The van der Waals surface area contributed by atoms with Crippen molar-refractivity contribution < 1.29 is 0 Å². The number of anilines is 1. The third-order valence-electron chi connectivity index (χ3n) is 3.00. The molecule has 0 aromatic carbocycles. The lowest BCUT2D eigenvalue weighted by Gasteiger charge is -2.33. The molecule has 2 heterocycles. The van der Waals surface area contributed by atoms with E-state index in [2.05, 4.69) is 28.1 Å². The first-order chi connectivity index (χ1) is 7.70. The van der Waals surface area contributed by atoms with Crippen molar-refractivity contribution in [2.24, 2.45) is 5.92 Å². The fourth-order valence-electron chi connectivity index (χ4n) is 1.99. The van der Waals surface area contributed by atoms with Crippen LogP contribution in [0, 0.1) is 5.92 Å². The zero-order valence-corrected chi connectivity index (χ0v) is 11.4. The molecular weight excluding hydrogens is 242 g/mol. The summed E-state index contributed by atoms with van der Waals surface area (Å²) in [6.07, 6.45) is 3.14. The van der Waals surface area contributed by atoms with Gasteiger partial charge < -0.3 is 4.90 Å². The molecule has 1 aliphatic rings. The van der Waals surface area contributed by atoms with E-state index in [9.17, 15) is 0 Å². The van der Waals surface area contributed by atoms with Crippen molar-refractivity contribution in [3.8, 4) is 0 Å². The highest BCUT2D eigenvalue weighted by Gasteiger charge is 2.26. The second kappa shape index (κ2) is 5.32. The van der Waals surface area contributed by atoms with Crippen molar-refractivity contribution in [1.29, 1.82) is 0 Å². The Morgan fingerprint density at radius 1 is 1.56 bits per heavy atom. The molecule has 0 saturated carbocycles. The minimum absolute atomic E-state index is 0.319. The van der Waals surface area contributed by atoms with Crippen LogP contribution in [0.25, 0.3) is 0 Å². The first kappa shape index (κ1) is 12.1. The fourth-order valence-corrected chi connectivity index (χ4v) is 2.91. The van der Waals surface area contributed by atoms with Crippen LogP contribution in [0.15, 0.2) is 0 Å². The summed E-state index contributed by atoms with van der Waals surface area (Å²) in [7, 11) is 0. The lowest BCUT2D eigenvalue weighted by atomic mass is 10.0. The van der Waals surface area contributed by atoms with E-state index >= 15 is 0 Å². The number of halogens is 1. The van der Waals surface area contributed by atoms with Crippen LogP contribution >= 0.6 is 23.1 Å². The Labute approximate surface area is 106 Å². The van der Waals surface area contributed by atoms with Crippen LogP contribution in [0.3, 0.4) is 0 Å². The molecule has 1 aliphatic heterocycles. The predicted molar refractivity (Wildman–Crippen MR) is 69.5 cm³/mol. The van der Waals surface area contributed by atoms with Gasteiger partial charge in [0.25, 0.3) is 0 Å². The smallest absolute Gasteiger partial charge is 0.205 e. The number of rotatable bonds is 3. The number of nitrogens with zero attached hydrogens (tertiary/aromatic N) is 3. The molecule has 2 atom stereocenters. The average Bonchev–Trinajstić information content (AvgIpc) is 2.71. The summed E-state index contributed by atoms with van der Waals surface area (Å²) in [4.78, 5) is 6.89. The minimum Gasteiger partial charge on any atom is -0.346 e. The summed E-state index contributed by atoms with van der Waals surface area (Å²) in [6, 6.07) is 0. The van der Waals surface area contributed by atoms with Gasteiger partial charge in [-0.15, -0.1) is 11.6 Å². The van der Waals surface area contributed by atoms with Crippen LogP contribution in [-0.4, -0.2) is 27.8 Å². The van der Waals surface area contributed by atoms with Gasteiger partial charge >= 0.3 is 0 Å². The highest BCUT2D eigenvalue weighted by molar-refractivity contribution is 7.09. The zero-order chi connectivity index (χ0) is 11.5. The summed E-state index contributed by atoms with van der Waals surface area (Å²) in [5.74, 6) is 1.53. The van der Waals surface area contributed by atoms with Gasteiger partial charge in [-0.1, -0.05) is 13.8 Å². The SMILES string of the molecule is CCCc1nsc(N2CCC(Cl)C(C)C2)n1. The van der Waals surface area contributed by atoms with E-state index < -0.39 is 0 Å². The first-order valence-corrected chi connectivity index (χ1v) is 7.13. The van der Waals surface area contributed by atoms with Gasteiger partial charge in [-0.05, 0) is 18.8 Å². The molecule has 0 bridgehead atoms. The highest BCUT2D eigenvalue weighted by Crippen LogP contribution is 2.27. The van der Waals surface area contributed by atoms with Crippen molar-refractivity contribution >= 4 is 28.3 Å². The zero-order valence-electron chi connectivity index (χ0n) is 9.82. The van der Waals surface area contributed by atoms with Crippen LogP contribution in [0.4, 0.5) is 5.13 Å². The Morgan fingerprint density at radius 3 is 3.06 bits per heavy atom. The van der Waals surface area contributed by atoms with E-state index in [0.29, 0.717) is 11.3 Å². The number of alkyl halides is 1. The Morgan fingerprint density at radius 2 is 2.38 bits per heavy atom. The largest absolute Gasteiger partial charge is 0.346 e.